The van der Waals surface area contributed by atoms with E-state index in [1.165, 1.54) is 12.3 Å². The van der Waals surface area contributed by atoms with E-state index in [1.54, 1.807) is 11.1 Å². The van der Waals surface area contributed by atoms with Crippen LogP contribution in [0.4, 0.5) is 10.2 Å². The molecule has 1 amide bonds. The Labute approximate surface area is 143 Å². The highest BCUT2D eigenvalue weighted by atomic mass is 19.1. The van der Waals surface area contributed by atoms with Crippen LogP contribution in [0.25, 0.3) is 10.8 Å². The monoisotopic (exact) mass is 337 g/mol. The summed E-state index contributed by atoms with van der Waals surface area (Å²) >= 11 is 0. The van der Waals surface area contributed by atoms with Gasteiger partial charge in [-0.3, -0.25) is 9.78 Å². The number of carbonyl (C=O) groups excluding carboxylic acids is 1. The van der Waals surface area contributed by atoms with Gasteiger partial charge >= 0.3 is 0 Å². The topological polar surface area (TPSA) is 62.2 Å². The van der Waals surface area contributed by atoms with Crippen LogP contribution in [-0.4, -0.2) is 52.2 Å². The summed E-state index contributed by atoms with van der Waals surface area (Å²) in [4.78, 5) is 19.9. The van der Waals surface area contributed by atoms with Gasteiger partial charge in [-0.25, -0.2) is 4.39 Å². The second-order valence-corrected chi connectivity index (χ2v) is 5.89. The number of anilines is 1. The molecule has 0 radical (unpaired) electrons. The second-order valence-electron chi connectivity index (χ2n) is 5.89. The number of hydrogen-bond acceptors (Lipinski definition) is 5. The maximum Gasteiger partial charge on any atom is 0.257 e. The average molecular weight is 337 g/mol. The molecule has 6 nitrogen and oxygen atoms in total. The molecule has 0 atom stereocenters. The Kier molecular flexibility index (Phi) is 3.97. The summed E-state index contributed by atoms with van der Waals surface area (Å²) in [6.45, 7) is 2.26. The van der Waals surface area contributed by atoms with Gasteiger partial charge in [0, 0.05) is 43.1 Å². The number of hydrogen-bond donors (Lipinski definition) is 0. The van der Waals surface area contributed by atoms with Gasteiger partial charge in [-0.2, -0.15) is 5.10 Å². The average Bonchev–Trinajstić information content (AvgIpc) is 2.67. The van der Waals surface area contributed by atoms with Crippen molar-refractivity contribution in [2.45, 2.75) is 0 Å². The lowest BCUT2D eigenvalue weighted by Gasteiger charge is -2.35. The molecule has 126 valence electrons. The van der Waals surface area contributed by atoms with Gasteiger partial charge < -0.3 is 9.80 Å². The number of carbonyl (C=O) groups is 1. The molecule has 1 aliphatic heterocycles. The number of halogens is 1. The number of nitrogens with zero attached hydrogens (tertiary/aromatic N) is 5. The number of rotatable bonds is 2. The lowest BCUT2D eigenvalue weighted by Crippen LogP contribution is -2.49. The van der Waals surface area contributed by atoms with Gasteiger partial charge in [-0.1, -0.05) is 24.3 Å². The van der Waals surface area contributed by atoms with Crippen LogP contribution in [0.2, 0.25) is 0 Å². The maximum atomic E-state index is 13.8. The molecular weight excluding hydrogens is 321 g/mol. The predicted octanol–water partition coefficient (Wildman–Crippen LogP) is 2.13. The first kappa shape index (κ1) is 15.4. The smallest absolute Gasteiger partial charge is 0.257 e. The first-order valence-corrected chi connectivity index (χ1v) is 8.08. The molecule has 3 heterocycles. The quantitative estimate of drug-likeness (QED) is 0.717. The highest BCUT2D eigenvalue weighted by molar-refractivity contribution is 5.95. The van der Waals surface area contributed by atoms with Crippen LogP contribution >= 0.6 is 0 Å². The summed E-state index contributed by atoms with van der Waals surface area (Å²) in [7, 11) is 0. The van der Waals surface area contributed by atoms with Crippen LogP contribution in [0, 0.1) is 5.82 Å². The van der Waals surface area contributed by atoms with E-state index >= 15 is 0 Å². The summed E-state index contributed by atoms with van der Waals surface area (Å²) in [6, 6.07) is 9.37. The van der Waals surface area contributed by atoms with Gasteiger partial charge in [0.05, 0.1) is 18.0 Å². The summed E-state index contributed by atoms with van der Waals surface area (Å²) in [5, 5.41) is 10.4. The van der Waals surface area contributed by atoms with Crippen LogP contribution in [0.15, 0.2) is 48.9 Å². The molecule has 0 bridgehead atoms. The molecule has 1 fully saturated rings. The largest absolute Gasteiger partial charge is 0.351 e. The van der Waals surface area contributed by atoms with Crippen molar-refractivity contribution < 1.29 is 9.18 Å². The summed E-state index contributed by atoms with van der Waals surface area (Å²) in [5.74, 6) is -0.0707. The first-order valence-electron chi connectivity index (χ1n) is 8.08. The van der Waals surface area contributed by atoms with Gasteiger partial charge in [-0.05, 0) is 6.07 Å². The van der Waals surface area contributed by atoms with E-state index in [0.717, 1.165) is 22.8 Å². The van der Waals surface area contributed by atoms with Gasteiger partial charge in [0.1, 0.15) is 0 Å². The third-order valence-electron chi connectivity index (χ3n) is 4.42. The second kappa shape index (κ2) is 6.43. The van der Waals surface area contributed by atoms with Crippen molar-refractivity contribution in [2.75, 3.05) is 31.1 Å². The maximum absolute atomic E-state index is 13.8. The Balaban J connectivity index is 1.52. The third kappa shape index (κ3) is 2.88. The standard InChI is InChI=1S/C18H16FN5O/c19-16-12-20-6-5-15(16)18(25)24-9-7-23(8-10-24)17-14-4-2-1-3-13(14)11-21-22-17/h1-6,11-12H,7-10H2. The number of fused-ring (bicyclic) bond motifs is 1. The minimum absolute atomic E-state index is 0.0633. The molecule has 0 saturated carbocycles. The Bertz CT molecular complexity index is 919. The normalized spacial score (nSPS) is 14.8. The van der Waals surface area contributed by atoms with Gasteiger partial charge in [0.2, 0.25) is 0 Å². The number of aromatic nitrogens is 3. The van der Waals surface area contributed by atoms with Crippen LogP contribution < -0.4 is 4.90 Å². The molecule has 2 aromatic heterocycles. The summed E-state index contributed by atoms with van der Waals surface area (Å²) < 4.78 is 13.8. The molecular formula is C18H16FN5O. The molecule has 25 heavy (non-hydrogen) atoms. The number of benzene rings is 1. The van der Waals surface area contributed by atoms with Crippen molar-refractivity contribution in [2.24, 2.45) is 0 Å². The van der Waals surface area contributed by atoms with E-state index in [4.69, 9.17) is 0 Å². The fraction of sp³-hybridized carbons (Fsp3) is 0.222. The van der Waals surface area contributed by atoms with Crippen molar-refractivity contribution >= 4 is 22.5 Å². The van der Waals surface area contributed by atoms with Crippen molar-refractivity contribution in [1.29, 1.82) is 0 Å². The number of piperazine rings is 1. The zero-order valence-corrected chi connectivity index (χ0v) is 13.5. The summed E-state index contributed by atoms with van der Waals surface area (Å²) in [6.07, 6.45) is 4.23. The Hall–Kier alpha value is -3.09. The highest BCUT2D eigenvalue weighted by Crippen LogP contribution is 2.24. The van der Waals surface area contributed by atoms with E-state index in [2.05, 4.69) is 20.1 Å². The van der Waals surface area contributed by atoms with E-state index in [1.807, 2.05) is 24.3 Å². The Morgan fingerprint density at radius 1 is 1.04 bits per heavy atom. The van der Waals surface area contributed by atoms with E-state index in [0.29, 0.717) is 26.2 Å². The zero-order chi connectivity index (χ0) is 17.2. The first-order chi connectivity index (χ1) is 12.2. The van der Waals surface area contributed by atoms with E-state index in [-0.39, 0.29) is 11.5 Å². The minimum Gasteiger partial charge on any atom is -0.351 e. The van der Waals surface area contributed by atoms with Gasteiger partial charge in [-0.15, -0.1) is 5.10 Å². The van der Waals surface area contributed by atoms with Crippen molar-refractivity contribution in [3.63, 3.8) is 0 Å². The van der Waals surface area contributed by atoms with Gasteiger partial charge in [0.25, 0.3) is 5.91 Å². The third-order valence-corrected chi connectivity index (χ3v) is 4.42. The molecule has 1 aliphatic rings. The van der Waals surface area contributed by atoms with Crippen molar-refractivity contribution in [1.82, 2.24) is 20.1 Å². The molecule has 0 aliphatic carbocycles. The predicted molar refractivity (Wildman–Crippen MR) is 91.8 cm³/mol. The Morgan fingerprint density at radius 2 is 1.84 bits per heavy atom. The fourth-order valence-electron chi connectivity index (χ4n) is 3.09. The van der Waals surface area contributed by atoms with E-state index < -0.39 is 5.82 Å². The van der Waals surface area contributed by atoms with Crippen molar-refractivity contribution in [3.8, 4) is 0 Å². The van der Waals surface area contributed by atoms with Crippen LogP contribution in [0.3, 0.4) is 0 Å². The molecule has 1 aromatic carbocycles. The molecule has 1 saturated heterocycles. The van der Waals surface area contributed by atoms with Gasteiger partial charge in [0.15, 0.2) is 11.6 Å². The Morgan fingerprint density at radius 3 is 2.64 bits per heavy atom. The highest BCUT2D eigenvalue weighted by Gasteiger charge is 2.25. The van der Waals surface area contributed by atoms with Crippen molar-refractivity contribution in [3.05, 3.63) is 60.3 Å². The van der Waals surface area contributed by atoms with Crippen LogP contribution in [0.1, 0.15) is 10.4 Å². The number of amides is 1. The summed E-state index contributed by atoms with van der Waals surface area (Å²) in [5.41, 5.74) is 0.0633. The fourth-order valence-corrected chi connectivity index (χ4v) is 3.09. The van der Waals surface area contributed by atoms with E-state index in [9.17, 15) is 9.18 Å². The lowest BCUT2D eigenvalue weighted by atomic mass is 10.1. The molecule has 4 rings (SSSR count). The molecule has 0 N–H and O–H groups in total. The minimum atomic E-state index is -0.588. The molecule has 7 heteroatoms. The zero-order valence-electron chi connectivity index (χ0n) is 13.5. The SMILES string of the molecule is O=C(c1ccncc1F)N1CCN(c2nncc3ccccc23)CC1. The van der Waals surface area contributed by atoms with Crippen LogP contribution in [-0.2, 0) is 0 Å². The van der Waals surface area contributed by atoms with Crippen LogP contribution in [0.5, 0.6) is 0 Å². The molecule has 0 unspecified atom stereocenters. The number of pyridine rings is 1. The lowest BCUT2D eigenvalue weighted by molar-refractivity contribution is 0.0741. The molecule has 0 spiro atoms. The molecule has 3 aromatic rings.